The molecule has 0 bridgehead atoms. The van der Waals surface area contributed by atoms with E-state index in [2.05, 4.69) is 28.3 Å². The molecule has 0 heterocycles. The third kappa shape index (κ3) is 8.16. The van der Waals surface area contributed by atoms with Crippen molar-refractivity contribution >= 4 is 15.9 Å². The maximum atomic E-state index is 13.8. The second-order valence-corrected chi connectivity index (χ2v) is 10.6. The molecule has 0 fully saturated rings. The number of halogens is 2. The van der Waals surface area contributed by atoms with Gasteiger partial charge in [-0.25, -0.2) is 21.9 Å². The normalized spacial score (nSPS) is 13.2. The van der Waals surface area contributed by atoms with Crippen LogP contribution < -0.4 is 15.4 Å². The monoisotopic (exact) mass is 531 g/mol. The first-order valence-corrected chi connectivity index (χ1v) is 13.4. The molecule has 7 nitrogen and oxygen atoms in total. The summed E-state index contributed by atoms with van der Waals surface area (Å²) in [5.74, 6) is -2.08. The zero-order valence-electron chi connectivity index (χ0n) is 20.7. The molecule has 4 N–H and O–H groups in total. The summed E-state index contributed by atoms with van der Waals surface area (Å²) >= 11 is 0. The largest absolute Gasteiger partial charge is 0.390 e. The third-order valence-corrected chi connectivity index (χ3v) is 7.37. The van der Waals surface area contributed by atoms with Gasteiger partial charge in [0.15, 0.2) is 0 Å². The van der Waals surface area contributed by atoms with Gasteiger partial charge >= 0.3 is 0 Å². The van der Waals surface area contributed by atoms with Crippen LogP contribution in [-0.4, -0.2) is 45.2 Å². The van der Waals surface area contributed by atoms with Crippen LogP contribution in [0.4, 0.5) is 8.78 Å². The molecule has 1 amide bonds. The number of benzene rings is 3. The van der Waals surface area contributed by atoms with E-state index in [4.69, 9.17) is 0 Å². The Morgan fingerprint density at radius 1 is 0.946 bits per heavy atom. The zero-order chi connectivity index (χ0) is 27.0. The SMILES string of the molecule is CCc1cccc(CNC[C@H](O)[C@H](Cc2cc(F)cc(F)c2)NC(=O)c2ccc(S(=O)(=O)NC)cc2)c1. The maximum absolute atomic E-state index is 13.8. The summed E-state index contributed by atoms with van der Waals surface area (Å²) in [5, 5.41) is 16.8. The molecule has 37 heavy (non-hydrogen) atoms. The third-order valence-electron chi connectivity index (χ3n) is 5.94. The summed E-state index contributed by atoms with van der Waals surface area (Å²) < 4.78 is 53.6. The number of sulfonamides is 1. The van der Waals surface area contributed by atoms with E-state index >= 15 is 0 Å². The Kier molecular flexibility index (Phi) is 9.87. The molecule has 0 saturated heterocycles. The van der Waals surface area contributed by atoms with Crippen molar-refractivity contribution in [3.63, 3.8) is 0 Å². The van der Waals surface area contributed by atoms with E-state index < -0.39 is 39.7 Å². The number of carbonyl (C=O) groups is 1. The highest BCUT2D eigenvalue weighted by atomic mass is 32.2. The molecule has 0 aromatic heterocycles. The average molecular weight is 532 g/mol. The van der Waals surface area contributed by atoms with E-state index in [9.17, 15) is 27.1 Å². The first-order valence-electron chi connectivity index (χ1n) is 11.9. The molecule has 3 rings (SSSR count). The highest BCUT2D eigenvalue weighted by Crippen LogP contribution is 2.14. The first-order chi connectivity index (χ1) is 17.6. The molecule has 2 atom stereocenters. The number of hydrogen-bond donors (Lipinski definition) is 4. The lowest BCUT2D eigenvalue weighted by Gasteiger charge is -2.25. The van der Waals surface area contributed by atoms with Crippen molar-refractivity contribution in [1.29, 1.82) is 0 Å². The summed E-state index contributed by atoms with van der Waals surface area (Å²) in [6, 6.07) is 15.5. The van der Waals surface area contributed by atoms with E-state index in [0.717, 1.165) is 30.2 Å². The van der Waals surface area contributed by atoms with Crippen molar-refractivity contribution in [2.75, 3.05) is 13.6 Å². The van der Waals surface area contributed by atoms with E-state index in [1.54, 1.807) is 0 Å². The van der Waals surface area contributed by atoms with Gasteiger partial charge in [0.05, 0.1) is 17.0 Å². The Morgan fingerprint density at radius 3 is 2.22 bits per heavy atom. The number of aryl methyl sites for hydroxylation is 1. The Hall–Kier alpha value is -3.18. The quantitative estimate of drug-likeness (QED) is 0.288. The lowest BCUT2D eigenvalue weighted by Crippen LogP contribution is -2.48. The fraction of sp³-hybridized carbons (Fsp3) is 0.296. The minimum absolute atomic E-state index is 0.00490. The Bertz CT molecular complexity index is 1300. The van der Waals surface area contributed by atoms with Crippen LogP contribution in [-0.2, 0) is 29.4 Å². The second-order valence-electron chi connectivity index (χ2n) is 8.67. The van der Waals surface area contributed by atoms with Crippen molar-refractivity contribution in [2.24, 2.45) is 0 Å². The van der Waals surface area contributed by atoms with E-state index in [-0.39, 0.29) is 29.0 Å². The standard InChI is InChI=1S/C27H31F2N3O4S/c1-3-18-5-4-6-19(11-18)16-31-17-26(33)25(14-20-12-22(28)15-23(29)13-20)32-27(34)21-7-9-24(10-8-21)37(35,36)30-2/h4-13,15,25-26,30-31,33H,3,14,16-17H2,1-2H3,(H,32,34)/t25-,26-/m0/s1. The highest BCUT2D eigenvalue weighted by Gasteiger charge is 2.23. The number of carbonyl (C=O) groups excluding carboxylic acids is 1. The van der Waals surface area contributed by atoms with Crippen molar-refractivity contribution < 1.29 is 27.1 Å². The van der Waals surface area contributed by atoms with E-state index in [1.165, 1.54) is 36.9 Å². The summed E-state index contributed by atoms with van der Waals surface area (Å²) in [4.78, 5) is 12.9. The molecule has 3 aromatic carbocycles. The van der Waals surface area contributed by atoms with Crippen molar-refractivity contribution in [3.8, 4) is 0 Å². The molecule has 0 radical (unpaired) electrons. The highest BCUT2D eigenvalue weighted by molar-refractivity contribution is 7.89. The molecule has 0 saturated carbocycles. The Labute approximate surface area is 216 Å². The number of aliphatic hydroxyl groups excluding tert-OH is 1. The van der Waals surface area contributed by atoms with Crippen LogP contribution in [0, 0.1) is 11.6 Å². The average Bonchev–Trinajstić information content (AvgIpc) is 2.87. The number of amides is 1. The van der Waals surface area contributed by atoms with Gasteiger partial charge in [0.2, 0.25) is 10.0 Å². The van der Waals surface area contributed by atoms with Crippen LogP contribution in [0.25, 0.3) is 0 Å². The minimum Gasteiger partial charge on any atom is -0.390 e. The smallest absolute Gasteiger partial charge is 0.251 e. The van der Waals surface area contributed by atoms with Gasteiger partial charge in [0.1, 0.15) is 11.6 Å². The Balaban J connectivity index is 1.73. The van der Waals surface area contributed by atoms with Gasteiger partial charge in [-0.3, -0.25) is 4.79 Å². The van der Waals surface area contributed by atoms with Crippen LogP contribution in [0.1, 0.15) is 34.0 Å². The van der Waals surface area contributed by atoms with Gasteiger partial charge in [-0.1, -0.05) is 31.2 Å². The number of aliphatic hydroxyl groups is 1. The molecule has 0 aliphatic carbocycles. The van der Waals surface area contributed by atoms with Crippen LogP contribution in [0.15, 0.2) is 71.6 Å². The topological polar surface area (TPSA) is 108 Å². The summed E-state index contributed by atoms with van der Waals surface area (Å²) in [5.41, 5.74) is 2.66. The van der Waals surface area contributed by atoms with Crippen molar-refractivity contribution in [3.05, 3.63) is 101 Å². The molecule has 0 aliphatic rings. The summed E-state index contributed by atoms with van der Waals surface area (Å²) in [7, 11) is -2.38. The van der Waals surface area contributed by atoms with Crippen molar-refractivity contribution in [1.82, 2.24) is 15.4 Å². The van der Waals surface area contributed by atoms with Crippen LogP contribution in [0.2, 0.25) is 0 Å². The van der Waals surface area contributed by atoms with E-state index in [1.807, 2.05) is 18.2 Å². The van der Waals surface area contributed by atoms with Gasteiger partial charge in [-0.05, 0) is 73.0 Å². The fourth-order valence-corrected chi connectivity index (χ4v) is 4.62. The van der Waals surface area contributed by atoms with Gasteiger partial charge in [0, 0.05) is 24.7 Å². The maximum Gasteiger partial charge on any atom is 0.251 e. The molecule has 0 aliphatic heterocycles. The molecular formula is C27H31F2N3O4S. The molecule has 198 valence electrons. The van der Waals surface area contributed by atoms with Crippen LogP contribution in [0.3, 0.4) is 0 Å². The van der Waals surface area contributed by atoms with Crippen LogP contribution in [0.5, 0.6) is 0 Å². The molecule has 3 aromatic rings. The molecular weight excluding hydrogens is 500 g/mol. The lowest BCUT2D eigenvalue weighted by molar-refractivity contribution is 0.0829. The lowest BCUT2D eigenvalue weighted by atomic mass is 10.00. The van der Waals surface area contributed by atoms with Gasteiger partial charge in [0.25, 0.3) is 5.91 Å². The molecule has 0 spiro atoms. The van der Waals surface area contributed by atoms with E-state index in [0.29, 0.717) is 6.54 Å². The predicted octanol–water partition coefficient (Wildman–Crippen LogP) is 2.93. The molecule has 10 heteroatoms. The second kappa shape index (κ2) is 12.9. The van der Waals surface area contributed by atoms with Gasteiger partial charge in [-0.2, -0.15) is 0 Å². The van der Waals surface area contributed by atoms with Gasteiger partial charge in [-0.15, -0.1) is 0 Å². The first kappa shape index (κ1) is 28.4. The summed E-state index contributed by atoms with van der Waals surface area (Å²) in [6.07, 6.45) is -0.217. The minimum atomic E-state index is -3.66. The number of hydrogen-bond acceptors (Lipinski definition) is 5. The zero-order valence-corrected chi connectivity index (χ0v) is 21.5. The number of rotatable bonds is 12. The van der Waals surface area contributed by atoms with Crippen LogP contribution >= 0.6 is 0 Å². The van der Waals surface area contributed by atoms with Crippen molar-refractivity contribution in [2.45, 2.75) is 43.4 Å². The fourth-order valence-electron chi connectivity index (χ4n) is 3.89. The van der Waals surface area contributed by atoms with Gasteiger partial charge < -0.3 is 15.7 Å². The predicted molar refractivity (Wildman–Crippen MR) is 138 cm³/mol. The molecule has 0 unspecified atom stereocenters. The summed E-state index contributed by atoms with van der Waals surface area (Å²) in [6.45, 7) is 2.66. The Morgan fingerprint density at radius 2 is 1.59 bits per heavy atom. The number of nitrogens with one attached hydrogen (secondary N) is 3.